The van der Waals surface area contributed by atoms with Crippen LogP contribution in [0.2, 0.25) is 0 Å². The van der Waals surface area contributed by atoms with Crippen LogP contribution in [0.5, 0.6) is 0 Å². The van der Waals surface area contributed by atoms with Crippen LogP contribution in [0.15, 0.2) is 91.0 Å². The second-order valence-corrected chi connectivity index (χ2v) is 8.51. The molecule has 4 rings (SSSR count). The van der Waals surface area contributed by atoms with E-state index in [-0.39, 0.29) is 6.61 Å². The Kier molecular flexibility index (Phi) is 9.84. The molecule has 0 aliphatic carbocycles. The predicted molar refractivity (Wildman–Crippen MR) is 132 cm³/mol. The molecule has 6 nitrogen and oxygen atoms in total. The lowest BCUT2D eigenvalue weighted by atomic mass is 10.1. The monoisotopic (exact) mass is 478 g/mol. The third kappa shape index (κ3) is 7.45. The molecule has 3 aromatic carbocycles. The Hall–Kier alpha value is -2.58. The zero-order valence-corrected chi connectivity index (χ0v) is 20.1. The maximum atomic E-state index is 10.7. The molecular formula is C29H34O6. The van der Waals surface area contributed by atoms with Crippen LogP contribution >= 0.6 is 0 Å². The van der Waals surface area contributed by atoms with Crippen LogP contribution in [-0.4, -0.2) is 49.0 Å². The van der Waals surface area contributed by atoms with Crippen molar-refractivity contribution in [3.05, 3.63) is 108 Å². The minimum absolute atomic E-state index is 0.281. The van der Waals surface area contributed by atoms with Gasteiger partial charge in [0.2, 0.25) is 0 Å². The molecule has 35 heavy (non-hydrogen) atoms. The van der Waals surface area contributed by atoms with Crippen LogP contribution in [0.25, 0.3) is 0 Å². The highest BCUT2D eigenvalue weighted by molar-refractivity contribution is 5.15. The fourth-order valence-corrected chi connectivity index (χ4v) is 4.17. The van der Waals surface area contributed by atoms with Crippen molar-refractivity contribution < 1.29 is 28.8 Å². The first-order chi connectivity index (χ1) is 17.2. The molecule has 0 amide bonds. The molecule has 1 aliphatic heterocycles. The summed E-state index contributed by atoms with van der Waals surface area (Å²) >= 11 is 0. The summed E-state index contributed by atoms with van der Waals surface area (Å²) in [5.41, 5.74) is 3.15. The van der Waals surface area contributed by atoms with Gasteiger partial charge in [0.05, 0.1) is 26.4 Å². The quantitative estimate of drug-likeness (QED) is 0.390. The molecule has 0 saturated carbocycles. The first-order valence-corrected chi connectivity index (χ1v) is 12.1. The van der Waals surface area contributed by atoms with Crippen LogP contribution in [0.1, 0.15) is 23.6 Å². The molecule has 1 aliphatic rings. The van der Waals surface area contributed by atoms with Crippen molar-refractivity contribution in [2.45, 2.75) is 57.5 Å². The molecule has 0 radical (unpaired) electrons. The van der Waals surface area contributed by atoms with Crippen molar-refractivity contribution in [2.24, 2.45) is 0 Å². The second-order valence-electron chi connectivity index (χ2n) is 8.51. The van der Waals surface area contributed by atoms with Gasteiger partial charge in [0.25, 0.3) is 0 Å². The summed E-state index contributed by atoms with van der Waals surface area (Å²) in [5.74, 6) is 0. The summed E-state index contributed by atoms with van der Waals surface area (Å²) in [6, 6.07) is 29.9. The number of benzene rings is 3. The molecule has 3 aromatic rings. The first kappa shape index (κ1) is 25.5. The summed E-state index contributed by atoms with van der Waals surface area (Å²) in [5, 5.41) is 10.7. The van der Waals surface area contributed by atoms with Gasteiger partial charge in [-0.25, -0.2) is 0 Å². The van der Waals surface area contributed by atoms with Gasteiger partial charge in [-0.3, -0.25) is 0 Å². The van der Waals surface area contributed by atoms with Gasteiger partial charge < -0.3 is 28.8 Å². The molecule has 1 unspecified atom stereocenters. The second kappa shape index (κ2) is 13.5. The van der Waals surface area contributed by atoms with Gasteiger partial charge in [-0.2, -0.15) is 0 Å². The van der Waals surface area contributed by atoms with E-state index in [1.165, 1.54) is 0 Å². The number of hydrogen-bond donors (Lipinski definition) is 1. The number of rotatable bonds is 13. The Balaban J connectivity index is 1.48. The van der Waals surface area contributed by atoms with E-state index < -0.39 is 30.7 Å². The fraction of sp³-hybridized carbons (Fsp3) is 0.379. The van der Waals surface area contributed by atoms with Crippen LogP contribution in [0, 0.1) is 0 Å². The third-order valence-corrected chi connectivity index (χ3v) is 5.94. The number of aliphatic hydroxyl groups is 1. The Labute approximate surface area is 207 Å². The first-order valence-electron chi connectivity index (χ1n) is 12.1. The van der Waals surface area contributed by atoms with E-state index in [0.29, 0.717) is 26.4 Å². The van der Waals surface area contributed by atoms with Gasteiger partial charge in [0.15, 0.2) is 6.29 Å². The van der Waals surface area contributed by atoms with E-state index in [2.05, 4.69) is 0 Å². The minimum atomic E-state index is -1.11. The molecule has 1 heterocycles. The van der Waals surface area contributed by atoms with Gasteiger partial charge in [-0.05, 0) is 23.6 Å². The maximum absolute atomic E-state index is 10.7. The van der Waals surface area contributed by atoms with Gasteiger partial charge in [-0.1, -0.05) is 91.0 Å². The zero-order chi connectivity index (χ0) is 24.3. The van der Waals surface area contributed by atoms with E-state index in [1.807, 2.05) is 97.9 Å². The molecule has 6 heteroatoms. The average Bonchev–Trinajstić information content (AvgIpc) is 3.21. The molecule has 5 atom stereocenters. The Morgan fingerprint density at radius 1 is 0.714 bits per heavy atom. The van der Waals surface area contributed by atoms with Gasteiger partial charge in [0, 0.05) is 6.61 Å². The highest BCUT2D eigenvalue weighted by atomic mass is 16.7. The predicted octanol–water partition coefficient (Wildman–Crippen LogP) is 4.50. The molecule has 0 spiro atoms. The largest absolute Gasteiger partial charge is 0.374 e. The topological polar surface area (TPSA) is 66.4 Å². The summed E-state index contributed by atoms with van der Waals surface area (Å²) in [6.07, 6.45) is -3.29. The Morgan fingerprint density at radius 2 is 1.26 bits per heavy atom. The van der Waals surface area contributed by atoms with Gasteiger partial charge in [-0.15, -0.1) is 0 Å². The van der Waals surface area contributed by atoms with Crippen molar-refractivity contribution in [3.63, 3.8) is 0 Å². The van der Waals surface area contributed by atoms with Crippen molar-refractivity contribution >= 4 is 0 Å². The molecule has 186 valence electrons. The van der Waals surface area contributed by atoms with Gasteiger partial charge in [0.1, 0.15) is 24.4 Å². The highest BCUT2D eigenvalue weighted by Gasteiger charge is 2.49. The van der Waals surface area contributed by atoms with Crippen LogP contribution in [0.3, 0.4) is 0 Å². The van der Waals surface area contributed by atoms with Crippen LogP contribution < -0.4 is 0 Å². The molecule has 0 bridgehead atoms. The maximum Gasteiger partial charge on any atom is 0.184 e. The lowest BCUT2D eigenvalue weighted by Crippen LogP contribution is -2.45. The molecular weight excluding hydrogens is 444 g/mol. The average molecular weight is 479 g/mol. The van der Waals surface area contributed by atoms with E-state index >= 15 is 0 Å². The smallest absolute Gasteiger partial charge is 0.184 e. The molecule has 1 saturated heterocycles. The SMILES string of the molecule is CCO[C@H]1C(O)O[C@H]([C@@H](COCc2ccccc2)OCc2ccccc2)[C@@H]1OCc1ccccc1. The third-order valence-electron chi connectivity index (χ3n) is 5.94. The number of ether oxygens (including phenoxy) is 5. The summed E-state index contributed by atoms with van der Waals surface area (Å²) in [4.78, 5) is 0. The lowest BCUT2D eigenvalue weighted by Gasteiger charge is -2.29. The van der Waals surface area contributed by atoms with Crippen molar-refractivity contribution in [3.8, 4) is 0 Å². The number of hydrogen-bond acceptors (Lipinski definition) is 6. The summed E-state index contributed by atoms with van der Waals surface area (Å²) < 4.78 is 30.5. The molecule has 1 N–H and O–H groups in total. The zero-order valence-electron chi connectivity index (χ0n) is 20.1. The van der Waals surface area contributed by atoms with E-state index in [9.17, 15) is 5.11 Å². The Morgan fingerprint density at radius 3 is 1.83 bits per heavy atom. The molecule has 0 aromatic heterocycles. The highest BCUT2D eigenvalue weighted by Crippen LogP contribution is 2.30. The van der Waals surface area contributed by atoms with Crippen LogP contribution in [-0.2, 0) is 43.5 Å². The summed E-state index contributed by atoms with van der Waals surface area (Å²) in [6.45, 7) is 3.82. The van der Waals surface area contributed by atoms with Crippen molar-refractivity contribution in [1.29, 1.82) is 0 Å². The van der Waals surface area contributed by atoms with E-state index in [0.717, 1.165) is 16.7 Å². The van der Waals surface area contributed by atoms with Gasteiger partial charge >= 0.3 is 0 Å². The van der Waals surface area contributed by atoms with E-state index in [1.54, 1.807) is 0 Å². The minimum Gasteiger partial charge on any atom is -0.374 e. The fourth-order valence-electron chi connectivity index (χ4n) is 4.17. The van der Waals surface area contributed by atoms with Crippen molar-refractivity contribution in [2.75, 3.05) is 13.2 Å². The van der Waals surface area contributed by atoms with Crippen molar-refractivity contribution in [1.82, 2.24) is 0 Å². The van der Waals surface area contributed by atoms with Crippen LogP contribution in [0.4, 0.5) is 0 Å². The Bertz CT molecular complexity index is 968. The normalized spacial score (nSPS) is 22.8. The molecule has 1 fully saturated rings. The number of aliphatic hydroxyl groups excluding tert-OH is 1. The lowest BCUT2D eigenvalue weighted by molar-refractivity contribution is -0.173. The standard InChI is InChI=1S/C29H34O6/c1-2-32-28-27(34-20-24-16-10-5-11-17-24)26(35-29(28)30)25(33-19-23-14-8-4-9-15-23)21-31-18-22-12-6-3-7-13-22/h3-17,25-30H,2,18-21H2,1H3/t25-,26-,27+,28-,29?/m1/s1. The van der Waals surface area contributed by atoms with E-state index in [4.69, 9.17) is 23.7 Å². The summed E-state index contributed by atoms with van der Waals surface area (Å²) in [7, 11) is 0.